The number of aromatic nitrogens is 1. The summed E-state index contributed by atoms with van der Waals surface area (Å²) >= 11 is 0. The largest absolute Gasteiger partial charge is 0.416 e. The van der Waals surface area contributed by atoms with Crippen LogP contribution in [0.4, 0.5) is 24.7 Å². The second kappa shape index (κ2) is 9.23. The smallest absolute Gasteiger partial charge is 0.354 e. The number of amides is 1. The molecule has 1 aliphatic rings. The summed E-state index contributed by atoms with van der Waals surface area (Å²) in [6, 6.07) is 14.3. The first-order valence-corrected chi connectivity index (χ1v) is 10.8. The molecule has 0 bridgehead atoms. The maximum Gasteiger partial charge on any atom is 0.416 e. The number of benzene rings is 2. The van der Waals surface area contributed by atoms with Crippen LogP contribution in [0.5, 0.6) is 0 Å². The van der Waals surface area contributed by atoms with Crippen molar-refractivity contribution in [3.05, 3.63) is 77.5 Å². The van der Waals surface area contributed by atoms with Gasteiger partial charge in [-0.05, 0) is 60.9 Å². The van der Waals surface area contributed by atoms with Crippen molar-refractivity contribution >= 4 is 17.4 Å². The van der Waals surface area contributed by atoms with Crippen LogP contribution in [-0.4, -0.2) is 36.6 Å². The van der Waals surface area contributed by atoms with E-state index in [1.54, 1.807) is 24.4 Å². The Hall–Kier alpha value is -3.39. The third-order valence-corrected chi connectivity index (χ3v) is 5.81. The molecule has 0 unspecified atom stereocenters. The van der Waals surface area contributed by atoms with Crippen molar-refractivity contribution in [2.45, 2.75) is 26.1 Å². The first-order valence-electron chi connectivity index (χ1n) is 10.8. The molecule has 4 rings (SSSR count). The van der Waals surface area contributed by atoms with Crippen LogP contribution < -0.4 is 15.5 Å². The molecule has 5 nitrogen and oxygen atoms in total. The summed E-state index contributed by atoms with van der Waals surface area (Å²) in [5.41, 5.74) is 2.50. The second-order valence-corrected chi connectivity index (χ2v) is 8.21. The number of rotatable bonds is 4. The number of pyridine rings is 1. The molecule has 1 aromatic heterocycles. The number of hydrogen-bond donors (Lipinski definition) is 2. The minimum absolute atomic E-state index is 0.296. The van der Waals surface area contributed by atoms with E-state index in [0.29, 0.717) is 22.9 Å². The van der Waals surface area contributed by atoms with Crippen LogP contribution in [-0.2, 0) is 6.18 Å². The van der Waals surface area contributed by atoms with E-state index >= 15 is 0 Å². The quantitative estimate of drug-likeness (QED) is 0.574. The average Bonchev–Trinajstić information content (AvgIpc) is 2.80. The molecular weight excluding hydrogens is 429 g/mol. The zero-order valence-electron chi connectivity index (χ0n) is 18.4. The highest BCUT2D eigenvalue weighted by atomic mass is 19.4. The fourth-order valence-electron chi connectivity index (χ4n) is 3.96. The monoisotopic (exact) mass is 454 g/mol. The normalized spacial score (nSPS) is 16.5. The van der Waals surface area contributed by atoms with E-state index in [1.807, 2.05) is 19.1 Å². The van der Waals surface area contributed by atoms with Crippen molar-refractivity contribution in [2.75, 3.05) is 29.9 Å². The molecule has 1 saturated heterocycles. The molecule has 0 radical (unpaired) electrons. The van der Waals surface area contributed by atoms with Crippen molar-refractivity contribution < 1.29 is 18.0 Å². The molecule has 2 heterocycles. The summed E-state index contributed by atoms with van der Waals surface area (Å²) in [6.45, 7) is 6.55. The number of alkyl halides is 3. The van der Waals surface area contributed by atoms with Crippen molar-refractivity contribution in [2.24, 2.45) is 0 Å². The molecule has 1 amide bonds. The number of anilines is 2. The fraction of sp³-hybridized carbons (Fsp3) is 0.280. The van der Waals surface area contributed by atoms with Crippen LogP contribution in [0.15, 0.2) is 60.8 Å². The first kappa shape index (κ1) is 22.8. The SMILES string of the molecule is Cc1c(NC(=O)c2ccc(N3CCN[C@@H](C)C3)nc2)cccc1-c1ccc(C(F)(F)F)cc1. The Morgan fingerprint density at radius 1 is 1.12 bits per heavy atom. The highest BCUT2D eigenvalue weighted by Gasteiger charge is 2.30. The summed E-state index contributed by atoms with van der Waals surface area (Å²) in [4.78, 5) is 19.5. The zero-order chi connectivity index (χ0) is 23.6. The van der Waals surface area contributed by atoms with E-state index in [9.17, 15) is 18.0 Å². The van der Waals surface area contributed by atoms with Gasteiger partial charge >= 0.3 is 6.18 Å². The Balaban J connectivity index is 1.49. The fourth-order valence-corrected chi connectivity index (χ4v) is 3.96. The summed E-state index contributed by atoms with van der Waals surface area (Å²) in [6.07, 6.45) is -2.82. The summed E-state index contributed by atoms with van der Waals surface area (Å²) < 4.78 is 38.6. The van der Waals surface area contributed by atoms with Gasteiger partial charge < -0.3 is 15.5 Å². The second-order valence-electron chi connectivity index (χ2n) is 8.21. The number of carbonyl (C=O) groups is 1. The van der Waals surface area contributed by atoms with E-state index in [0.717, 1.165) is 48.7 Å². The Kier molecular flexibility index (Phi) is 6.37. The highest BCUT2D eigenvalue weighted by molar-refractivity contribution is 6.05. The number of halogens is 3. The minimum atomic E-state index is -4.38. The number of piperazine rings is 1. The first-order chi connectivity index (χ1) is 15.7. The van der Waals surface area contributed by atoms with Gasteiger partial charge in [0.15, 0.2) is 0 Å². The molecule has 3 aromatic rings. The van der Waals surface area contributed by atoms with Gasteiger partial charge in [-0.25, -0.2) is 4.98 Å². The van der Waals surface area contributed by atoms with Crippen molar-refractivity contribution in [1.82, 2.24) is 10.3 Å². The van der Waals surface area contributed by atoms with E-state index in [-0.39, 0.29) is 5.91 Å². The zero-order valence-corrected chi connectivity index (χ0v) is 18.4. The molecule has 0 aliphatic carbocycles. The van der Waals surface area contributed by atoms with Crippen molar-refractivity contribution in [1.29, 1.82) is 0 Å². The van der Waals surface area contributed by atoms with Crippen molar-refractivity contribution in [3.8, 4) is 11.1 Å². The van der Waals surface area contributed by atoms with Gasteiger partial charge in [0, 0.05) is 37.6 Å². The molecule has 0 spiro atoms. The van der Waals surface area contributed by atoms with Crippen LogP contribution in [0, 0.1) is 6.92 Å². The van der Waals surface area contributed by atoms with Gasteiger partial charge in [-0.1, -0.05) is 24.3 Å². The Bertz CT molecular complexity index is 1130. The molecule has 33 heavy (non-hydrogen) atoms. The molecular formula is C25H25F3N4O. The third-order valence-electron chi connectivity index (χ3n) is 5.81. The number of nitrogens with one attached hydrogen (secondary N) is 2. The average molecular weight is 454 g/mol. The van der Waals surface area contributed by atoms with Crippen LogP contribution >= 0.6 is 0 Å². The van der Waals surface area contributed by atoms with Gasteiger partial charge in [0.05, 0.1) is 11.1 Å². The topological polar surface area (TPSA) is 57.3 Å². The summed E-state index contributed by atoms with van der Waals surface area (Å²) in [5, 5.41) is 6.28. The third kappa shape index (κ3) is 5.17. The predicted octanol–water partition coefficient (Wildman–Crippen LogP) is 5.13. The lowest BCUT2D eigenvalue weighted by molar-refractivity contribution is -0.137. The summed E-state index contributed by atoms with van der Waals surface area (Å²) in [7, 11) is 0. The molecule has 1 fully saturated rings. The lowest BCUT2D eigenvalue weighted by atomic mass is 9.98. The molecule has 2 N–H and O–H groups in total. The minimum Gasteiger partial charge on any atom is -0.354 e. The van der Waals surface area contributed by atoms with Gasteiger partial charge in [-0.2, -0.15) is 13.2 Å². The summed E-state index contributed by atoms with van der Waals surface area (Å²) in [5.74, 6) is 0.538. The number of hydrogen-bond acceptors (Lipinski definition) is 4. The van der Waals surface area contributed by atoms with Gasteiger partial charge in [-0.3, -0.25) is 4.79 Å². The predicted molar refractivity (Wildman–Crippen MR) is 123 cm³/mol. The number of nitrogens with zero attached hydrogens (tertiary/aromatic N) is 2. The lowest BCUT2D eigenvalue weighted by Crippen LogP contribution is -2.49. The Morgan fingerprint density at radius 2 is 1.88 bits per heavy atom. The van der Waals surface area contributed by atoms with Crippen LogP contribution in [0.2, 0.25) is 0 Å². The van der Waals surface area contributed by atoms with Gasteiger partial charge in [0.1, 0.15) is 5.82 Å². The standard InChI is InChI=1S/C25H25F3N4O/c1-16-15-32(13-12-29-16)23-11-8-19(14-30-23)24(33)31-22-5-3-4-21(17(22)2)18-6-9-20(10-7-18)25(26,27)28/h3-11,14,16,29H,12-13,15H2,1-2H3,(H,31,33)/t16-/m0/s1. The molecule has 2 aromatic carbocycles. The molecule has 1 atom stereocenters. The van der Waals surface area contributed by atoms with Gasteiger partial charge in [-0.15, -0.1) is 0 Å². The van der Waals surface area contributed by atoms with E-state index < -0.39 is 11.7 Å². The molecule has 172 valence electrons. The number of carbonyl (C=O) groups excluding carboxylic acids is 1. The van der Waals surface area contributed by atoms with E-state index in [2.05, 4.69) is 27.4 Å². The molecule has 1 aliphatic heterocycles. The van der Waals surface area contributed by atoms with Crippen LogP contribution in [0.25, 0.3) is 11.1 Å². The Labute approximate surface area is 190 Å². The van der Waals surface area contributed by atoms with Gasteiger partial charge in [0.2, 0.25) is 0 Å². The van der Waals surface area contributed by atoms with Crippen LogP contribution in [0.3, 0.4) is 0 Å². The van der Waals surface area contributed by atoms with E-state index in [1.165, 1.54) is 12.1 Å². The Morgan fingerprint density at radius 3 is 2.52 bits per heavy atom. The maximum absolute atomic E-state index is 12.9. The highest BCUT2D eigenvalue weighted by Crippen LogP contribution is 2.33. The van der Waals surface area contributed by atoms with Gasteiger partial charge in [0.25, 0.3) is 5.91 Å². The maximum atomic E-state index is 12.9. The molecule has 0 saturated carbocycles. The van der Waals surface area contributed by atoms with Crippen LogP contribution in [0.1, 0.15) is 28.4 Å². The lowest BCUT2D eigenvalue weighted by Gasteiger charge is -2.32. The van der Waals surface area contributed by atoms with Crippen molar-refractivity contribution in [3.63, 3.8) is 0 Å². The van der Waals surface area contributed by atoms with E-state index in [4.69, 9.17) is 0 Å². The molecule has 8 heteroatoms.